The number of carbonyl (C=O) groups excluding carboxylic acids is 1. The molecule has 0 spiro atoms. The second-order valence-corrected chi connectivity index (χ2v) is 6.84. The molecule has 0 unspecified atom stereocenters. The van der Waals surface area contributed by atoms with E-state index < -0.39 is 11.4 Å². The molecule has 21 heavy (non-hydrogen) atoms. The lowest BCUT2D eigenvalue weighted by Crippen LogP contribution is -2.28. The van der Waals surface area contributed by atoms with E-state index in [1.807, 2.05) is 24.3 Å². The van der Waals surface area contributed by atoms with E-state index in [0.29, 0.717) is 5.69 Å². The van der Waals surface area contributed by atoms with Gasteiger partial charge in [0.05, 0.1) is 11.1 Å². The third-order valence-electron chi connectivity index (χ3n) is 3.69. The van der Waals surface area contributed by atoms with E-state index in [1.54, 1.807) is 11.4 Å². The number of carboxylic acid groups (broad SMARTS) is 1. The van der Waals surface area contributed by atoms with Crippen LogP contribution in [-0.4, -0.2) is 17.0 Å². The molecule has 0 atom stereocenters. The van der Waals surface area contributed by atoms with Gasteiger partial charge in [-0.05, 0) is 42.0 Å². The molecule has 1 fully saturated rings. The van der Waals surface area contributed by atoms with Gasteiger partial charge >= 0.3 is 5.97 Å². The summed E-state index contributed by atoms with van der Waals surface area (Å²) in [5, 5.41) is 13.5. The van der Waals surface area contributed by atoms with Gasteiger partial charge in [0.15, 0.2) is 0 Å². The molecular formula is C15H12BrNO3S. The van der Waals surface area contributed by atoms with Crippen LogP contribution >= 0.6 is 27.3 Å². The van der Waals surface area contributed by atoms with Crippen LogP contribution in [0.25, 0.3) is 0 Å². The van der Waals surface area contributed by atoms with Crippen molar-refractivity contribution in [2.45, 2.75) is 18.3 Å². The van der Waals surface area contributed by atoms with Gasteiger partial charge in [-0.2, -0.15) is 0 Å². The van der Waals surface area contributed by atoms with Crippen LogP contribution < -0.4 is 5.32 Å². The third kappa shape index (κ3) is 2.61. The Hall–Kier alpha value is -1.66. The standard InChI is InChI=1S/C15H12BrNO3S/c16-10-3-1-9(2-4-10)15(6-7-15)14(20)17-11-5-8-21-12(11)13(18)19/h1-5,8H,6-7H2,(H,17,20)(H,18,19). The predicted octanol–water partition coefficient (Wildman–Crippen LogP) is 3.88. The maximum absolute atomic E-state index is 12.5. The zero-order valence-electron chi connectivity index (χ0n) is 10.9. The van der Waals surface area contributed by atoms with Crippen LogP contribution in [0, 0.1) is 0 Å². The number of benzene rings is 1. The molecule has 3 rings (SSSR count). The molecule has 1 aromatic heterocycles. The maximum atomic E-state index is 12.5. The van der Waals surface area contributed by atoms with Crippen LogP contribution in [0.5, 0.6) is 0 Å². The van der Waals surface area contributed by atoms with Gasteiger partial charge in [-0.1, -0.05) is 28.1 Å². The highest BCUT2D eigenvalue weighted by Gasteiger charge is 2.51. The molecule has 1 aromatic carbocycles. The van der Waals surface area contributed by atoms with E-state index in [1.165, 1.54) is 0 Å². The van der Waals surface area contributed by atoms with Crippen LogP contribution in [-0.2, 0) is 10.2 Å². The Kier molecular flexibility index (Phi) is 3.59. The first-order valence-electron chi connectivity index (χ1n) is 6.41. The predicted molar refractivity (Wildman–Crippen MR) is 85.0 cm³/mol. The van der Waals surface area contributed by atoms with Crippen LogP contribution in [0.1, 0.15) is 28.1 Å². The molecule has 0 saturated heterocycles. The van der Waals surface area contributed by atoms with E-state index >= 15 is 0 Å². The number of halogens is 1. The fraction of sp³-hybridized carbons (Fsp3) is 0.200. The summed E-state index contributed by atoms with van der Waals surface area (Å²) in [5.41, 5.74) is 0.828. The first kappa shape index (κ1) is 14.3. The summed E-state index contributed by atoms with van der Waals surface area (Å²) >= 11 is 4.49. The highest BCUT2D eigenvalue weighted by Crippen LogP contribution is 2.49. The number of hydrogen-bond acceptors (Lipinski definition) is 3. The van der Waals surface area contributed by atoms with Crippen molar-refractivity contribution in [1.82, 2.24) is 0 Å². The fourth-order valence-electron chi connectivity index (χ4n) is 2.36. The van der Waals surface area contributed by atoms with Crippen LogP contribution in [0.4, 0.5) is 5.69 Å². The summed E-state index contributed by atoms with van der Waals surface area (Å²) in [7, 11) is 0. The Morgan fingerprint density at radius 3 is 2.43 bits per heavy atom. The SMILES string of the molecule is O=C(O)c1sccc1NC(=O)C1(c2ccc(Br)cc2)CC1. The van der Waals surface area contributed by atoms with E-state index in [4.69, 9.17) is 5.11 Å². The number of carboxylic acids is 1. The van der Waals surface area contributed by atoms with Crippen LogP contribution in [0.2, 0.25) is 0 Å². The van der Waals surface area contributed by atoms with Crippen LogP contribution in [0.3, 0.4) is 0 Å². The maximum Gasteiger partial charge on any atom is 0.348 e. The molecule has 0 radical (unpaired) electrons. The Morgan fingerprint density at radius 2 is 1.86 bits per heavy atom. The lowest BCUT2D eigenvalue weighted by atomic mass is 9.95. The minimum Gasteiger partial charge on any atom is -0.477 e. The first-order valence-corrected chi connectivity index (χ1v) is 8.08. The third-order valence-corrected chi connectivity index (χ3v) is 5.12. The second kappa shape index (κ2) is 5.27. The van der Waals surface area contributed by atoms with E-state index in [9.17, 15) is 9.59 Å². The number of carbonyl (C=O) groups is 2. The molecule has 1 saturated carbocycles. The molecule has 1 heterocycles. The summed E-state index contributed by atoms with van der Waals surface area (Å²) in [6.07, 6.45) is 1.57. The smallest absolute Gasteiger partial charge is 0.348 e. The second-order valence-electron chi connectivity index (χ2n) is 5.01. The zero-order valence-corrected chi connectivity index (χ0v) is 13.3. The van der Waals surface area contributed by atoms with Crippen molar-refractivity contribution in [3.8, 4) is 0 Å². The van der Waals surface area contributed by atoms with E-state index in [2.05, 4.69) is 21.2 Å². The van der Waals surface area contributed by atoms with E-state index in [-0.39, 0.29) is 10.8 Å². The van der Waals surface area contributed by atoms with Gasteiger partial charge in [-0.3, -0.25) is 4.79 Å². The molecule has 6 heteroatoms. The molecular weight excluding hydrogens is 354 g/mol. The molecule has 1 aliphatic carbocycles. The zero-order chi connectivity index (χ0) is 15.0. The van der Waals surface area contributed by atoms with Gasteiger partial charge in [0.2, 0.25) is 5.91 Å². The Balaban J connectivity index is 1.83. The van der Waals surface area contributed by atoms with Gasteiger partial charge < -0.3 is 10.4 Å². The summed E-state index contributed by atoms with van der Waals surface area (Å²) in [5.74, 6) is -1.15. The van der Waals surface area contributed by atoms with Crippen molar-refractivity contribution in [2.24, 2.45) is 0 Å². The Bertz CT molecular complexity index is 704. The average Bonchev–Trinajstić information content (AvgIpc) is 3.13. The summed E-state index contributed by atoms with van der Waals surface area (Å²) in [4.78, 5) is 23.8. The molecule has 2 N–H and O–H groups in total. The number of nitrogens with one attached hydrogen (secondary N) is 1. The van der Waals surface area contributed by atoms with Crippen molar-refractivity contribution in [2.75, 3.05) is 5.32 Å². The Morgan fingerprint density at radius 1 is 1.19 bits per heavy atom. The molecule has 1 amide bonds. The summed E-state index contributed by atoms with van der Waals surface area (Å²) in [6.45, 7) is 0. The van der Waals surface area contributed by atoms with Crippen molar-refractivity contribution in [1.29, 1.82) is 0 Å². The van der Waals surface area contributed by atoms with Gasteiger partial charge in [0.25, 0.3) is 0 Å². The minimum atomic E-state index is -1.02. The molecule has 2 aromatic rings. The van der Waals surface area contributed by atoms with Crippen molar-refractivity contribution in [3.63, 3.8) is 0 Å². The lowest BCUT2D eigenvalue weighted by Gasteiger charge is -2.15. The average molecular weight is 366 g/mol. The normalized spacial score (nSPS) is 15.5. The number of anilines is 1. The van der Waals surface area contributed by atoms with Gasteiger partial charge in [0, 0.05) is 4.47 Å². The van der Waals surface area contributed by atoms with E-state index in [0.717, 1.165) is 34.2 Å². The highest BCUT2D eigenvalue weighted by atomic mass is 79.9. The molecule has 0 bridgehead atoms. The molecule has 0 aliphatic heterocycles. The summed E-state index contributed by atoms with van der Waals surface area (Å²) < 4.78 is 0.966. The molecule has 4 nitrogen and oxygen atoms in total. The number of hydrogen-bond donors (Lipinski definition) is 2. The molecule has 1 aliphatic rings. The highest BCUT2D eigenvalue weighted by molar-refractivity contribution is 9.10. The Labute approximate surface area is 133 Å². The molecule has 108 valence electrons. The number of rotatable bonds is 4. The number of amides is 1. The summed E-state index contributed by atoms with van der Waals surface area (Å²) in [6, 6.07) is 9.32. The van der Waals surface area contributed by atoms with Crippen LogP contribution in [0.15, 0.2) is 40.2 Å². The van der Waals surface area contributed by atoms with Crippen molar-refractivity contribution < 1.29 is 14.7 Å². The fourth-order valence-corrected chi connectivity index (χ4v) is 3.31. The first-order chi connectivity index (χ1) is 10.0. The number of aromatic carboxylic acids is 1. The van der Waals surface area contributed by atoms with Crippen molar-refractivity contribution >= 4 is 44.8 Å². The van der Waals surface area contributed by atoms with Gasteiger partial charge in [-0.25, -0.2) is 4.79 Å². The minimum absolute atomic E-state index is 0.134. The monoisotopic (exact) mass is 365 g/mol. The largest absolute Gasteiger partial charge is 0.477 e. The quantitative estimate of drug-likeness (QED) is 0.863. The topological polar surface area (TPSA) is 66.4 Å². The number of thiophene rings is 1. The van der Waals surface area contributed by atoms with Gasteiger partial charge in [0.1, 0.15) is 4.88 Å². The van der Waals surface area contributed by atoms with Crippen molar-refractivity contribution in [3.05, 3.63) is 50.6 Å². The van der Waals surface area contributed by atoms with Gasteiger partial charge in [-0.15, -0.1) is 11.3 Å². The lowest BCUT2D eigenvalue weighted by molar-refractivity contribution is -0.118.